The smallest absolute Gasteiger partial charge is 0.305 e. The van der Waals surface area contributed by atoms with Crippen LogP contribution in [0.4, 0.5) is 22.5 Å². The van der Waals surface area contributed by atoms with E-state index in [2.05, 4.69) is 35.4 Å². The Morgan fingerprint density at radius 3 is 2.78 bits per heavy atom. The van der Waals surface area contributed by atoms with Gasteiger partial charge in [0.1, 0.15) is 22.3 Å². The molecule has 0 radical (unpaired) electrons. The molecule has 1 aromatic carbocycles. The van der Waals surface area contributed by atoms with Gasteiger partial charge in [0.2, 0.25) is 0 Å². The van der Waals surface area contributed by atoms with E-state index in [1.54, 1.807) is 6.07 Å². The summed E-state index contributed by atoms with van der Waals surface area (Å²) in [6, 6.07) is 8.30. The van der Waals surface area contributed by atoms with Gasteiger partial charge in [-0.15, -0.1) is 0 Å². The SMILES string of the molecule is COC(=O)CCCN1C[C@H]2C1CN2c1cc(Nc2ncc(C(=O)Nc3c(C)cccc3Cl)s2)nc(C)n1. The number of esters is 1. The van der Waals surface area contributed by atoms with E-state index in [0.717, 1.165) is 37.4 Å². The van der Waals surface area contributed by atoms with Crippen molar-refractivity contribution in [3.8, 4) is 0 Å². The number of anilines is 4. The van der Waals surface area contributed by atoms with E-state index in [1.807, 2.05) is 32.0 Å². The predicted molar refractivity (Wildman–Crippen MR) is 144 cm³/mol. The Hall–Kier alpha value is -3.28. The number of benzene rings is 1. The summed E-state index contributed by atoms with van der Waals surface area (Å²) in [6.07, 6.45) is 2.79. The van der Waals surface area contributed by atoms with Gasteiger partial charge in [0, 0.05) is 31.6 Å². The number of piperazine rings is 1. The quantitative estimate of drug-likeness (QED) is 0.388. The Labute approximate surface area is 224 Å². The maximum atomic E-state index is 12.8. The molecule has 194 valence electrons. The van der Waals surface area contributed by atoms with Crippen LogP contribution in [0.2, 0.25) is 5.02 Å². The van der Waals surface area contributed by atoms with Crippen LogP contribution in [0.25, 0.3) is 0 Å². The van der Waals surface area contributed by atoms with Gasteiger partial charge in [-0.1, -0.05) is 35.1 Å². The molecular formula is C25H28ClN7O3S. The summed E-state index contributed by atoms with van der Waals surface area (Å²) < 4.78 is 4.72. The van der Waals surface area contributed by atoms with Crippen molar-refractivity contribution in [1.29, 1.82) is 0 Å². The molecule has 2 aliphatic rings. The van der Waals surface area contributed by atoms with Gasteiger partial charge in [-0.3, -0.25) is 14.5 Å². The molecule has 5 rings (SSSR count). The fraction of sp³-hybridized carbons (Fsp3) is 0.400. The lowest BCUT2D eigenvalue weighted by Gasteiger charge is -2.62. The second-order valence-electron chi connectivity index (χ2n) is 9.16. The van der Waals surface area contributed by atoms with Gasteiger partial charge < -0.3 is 20.3 Å². The minimum absolute atomic E-state index is 0.160. The summed E-state index contributed by atoms with van der Waals surface area (Å²) in [5.74, 6) is 1.72. The normalized spacial score (nSPS) is 18.4. The molecule has 2 aromatic heterocycles. The zero-order chi connectivity index (χ0) is 26.1. The highest BCUT2D eigenvalue weighted by atomic mass is 35.5. The van der Waals surface area contributed by atoms with Crippen LogP contribution in [0.1, 0.15) is 33.9 Å². The first-order valence-corrected chi connectivity index (χ1v) is 13.2. The fourth-order valence-electron chi connectivity index (χ4n) is 4.67. The Balaban J connectivity index is 1.18. The Bertz CT molecular complexity index is 1310. The molecule has 1 unspecified atom stereocenters. The summed E-state index contributed by atoms with van der Waals surface area (Å²) >= 11 is 7.48. The summed E-state index contributed by atoms with van der Waals surface area (Å²) in [5.41, 5.74) is 1.48. The van der Waals surface area contributed by atoms with Gasteiger partial charge in [0.05, 0.1) is 30.1 Å². The first kappa shape index (κ1) is 25.4. The number of ether oxygens (including phenoxy) is 1. The lowest BCUT2D eigenvalue weighted by Crippen LogP contribution is -2.79. The van der Waals surface area contributed by atoms with Crippen LogP contribution < -0.4 is 15.5 Å². The lowest BCUT2D eigenvalue weighted by molar-refractivity contribution is -0.140. The lowest BCUT2D eigenvalue weighted by atomic mass is 9.85. The molecule has 10 nitrogen and oxygen atoms in total. The zero-order valence-corrected chi connectivity index (χ0v) is 22.4. The van der Waals surface area contributed by atoms with E-state index in [4.69, 9.17) is 16.3 Å². The van der Waals surface area contributed by atoms with E-state index < -0.39 is 0 Å². The molecule has 3 aromatic rings. The number of rotatable bonds is 9. The van der Waals surface area contributed by atoms with Crippen LogP contribution in [0.3, 0.4) is 0 Å². The number of carbonyl (C=O) groups is 2. The molecule has 2 aliphatic heterocycles. The van der Waals surface area contributed by atoms with Crippen LogP contribution in [0.15, 0.2) is 30.5 Å². The number of aryl methyl sites for hydroxylation is 2. The van der Waals surface area contributed by atoms with Crippen LogP contribution in [-0.2, 0) is 9.53 Å². The van der Waals surface area contributed by atoms with Crippen molar-refractivity contribution in [1.82, 2.24) is 19.9 Å². The van der Waals surface area contributed by atoms with E-state index >= 15 is 0 Å². The number of halogens is 1. The number of para-hydroxylation sites is 1. The van der Waals surface area contributed by atoms with Crippen LogP contribution in [-0.4, -0.2) is 70.6 Å². The van der Waals surface area contributed by atoms with E-state index in [1.165, 1.54) is 24.6 Å². The minimum atomic E-state index is -0.269. The topological polar surface area (TPSA) is 113 Å². The molecule has 2 atom stereocenters. The largest absolute Gasteiger partial charge is 0.469 e. The highest BCUT2D eigenvalue weighted by Crippen LogP contribution is 2.37. The molecule has 1 amide bonds. The molecule has 0 aliphatic carbocycles. The Morgan fingerprint density at radius 1 is 1.22 bits per heavy atom. The van der Waals surface area contributed by atoms with Crippen molar-refractivity contribution in [2.45, 2.75) is 38.8 Å². The molecule has 12 heteroatoms. The third kappa shape index (κ3) is 5.39. The van der Waals surface area contributed by atoms with Crippen molar-refractivity contribution >= 4 is 57.3 Å². The van der Waals surface area contributed by atoms with Gasteiger partial charge in [-0.2, -0.15) is 0 Å². The molecule has 0 saturated carbocycles. The molecular weight excluding hydrogens is 514 g/mol. The van der Waals surface area contributed by atoms with Gasteiger partial charge in [-0.25, -0.2) is 15.0 Å². The van der Waals surface area contributed by atoms with Crippen molar-refractivity contribution < 1.29 is 14.3 Å². The maximum Gasteiger partial charge on any atom is 0.305 e. The molecule has 0 spiro atoms. The second kappa shape index (κ2) is 10.6. The fourth-order valence-corrected chi connectivity index (χ4v) is 5.66. The number of fused-ring (bicyclic) bond motifs is 1. The summed E-state index contributed by atoms with van der Waals surface area (Å²) in [4.78, 5) is 42.7. The average molecular weight is 542 g/mol. The minimum Gasteiger partial charge on any atom is -0.469 e. The number of hydrogen-bond acceptors (Lipinski definition) is 10. The number of carbonyl (C=O) groups excluding carboxylic acids is 2. The number of likely N-dealkylation sites (tertiary alicyclic amines) is 1. The molecule has 4 heterocycles. The number of amides is 1. The van der Waals surface area contributed by atoms with Crippen LogP contribution in [0.5, 0.6) is 0 Å². The van der Waals surface area contributed by atoms with Crippen molar-refractivity contribution in [3.63, 3.8) is 0 Å². The van der Waals surface area contributed by atoms with E-state index in [9.17, 15) is 9.59 Å². The zero-order valence-electron chi connectivity index (χ0n) is 20.8. The number of hydrogen-bond donors (Lipinski definition) is 2. The molecule has 2 fully saturated rings. The monoisotopic (exact) mass is 541 g/mol. The summed E-state index contributed by atoms with van der Waals surface area (Å²) in [7, 11) is 1.42. The molecule has 2 N–H and O–H groups in total. The van der Waals surface area contributed by atoms with Gasteiger partial charge in [0.15, 0.2) is 5.13 Å². The molecule has 2 saturated heterocycles. The third-order valence-corrected chi connectivity index (χ3v) is 7.94. The summed E-state index contributed by atoms with van der Waals surface area (Å²) in [6.45, 7) is 6.49. The highest BCUT2D eigenvalue weighted by molar-refractivity contribution is 7.17. The number of thiazole rings is 1. The van der Waals surface area contributed by atoms with Gasteiger partial charge >= 0.3 is 5.97 Å². The summed E-state index contributed by atoms with van der Waals surface area (Å²) in [5, 5.41) is 7.14. The number of nitrogens with zero attached hydrogens (tertiary/aromatic N) is 5. The van der Waals surface area contributed by atoms with Crippen LogP contribution >= 0.6 is 22.9 Å². The van der Waals surface area contributed by atoms with E-state index in [-0.39, 0.29) is 11.9 Å². The second-order valence-corrected chi connectivity index (χ2v) is 10.6. The van der Waals surface area contributed by atoms with Crippen molar-refractivity contribution in [2.75, 3.05) is 42.3 Å². The van der Waals surface area contributed by atoms with Crippen molar-refractivity contribution in [2.24, 2.45) is 0 Å². The predicted octanol–water partition coefficient (Wildman–Crippen LogP) is 4.03. The standard InChI is InChI=1S/C25H28ClN7O3S/c1-14-6-4-7-16(26)23(14)31-24(35)19-11-27-25(37-19)30-20-10-21(29-15(2)28-20)33-13-17-18(33)12-32(17)9-5-8-22(34)36-3/h4,6-7,10-11,17-18H,5,8-9,12-13H2,1-3H3,(H,31,35)(H,27,28,29,30)/t17?,18-/m0/s1. The first-order chi connectivity index (χ1) is 17.8. The molecule has 37 heavy (non-hydrogen) atoms. The number of aromatic nitrogens is 3. The first-order valence-electron chi connectivity index (χ1n) is 12.0. The van der Waals surface area contributed by atoms with Crippen molar-refractivity contribution in [3.05, 3.63) is 51.7 Å². The number of methoxy groups -OCH3 is 1. The Morgan fingerprint density at radius 2 is 2.05 bits per heavy atom. The highest BCUT2D eigenvalue weighted by Gasteiger charge is 2.51. The maximum absolute atomic E-state index is 12.8. The Kier molecular flexibility index (Phi) is 7.27. The third-order valence-electron chi connectivity index (χ3n) is 6.72. The average Bonchev–Trinajstić information content (AvgIpc) is 3.32. The molecule has 0 bridgehead atoms. The van der Waals surface area contributed by atoms with Gasteiger partial charge in [0.25, 0.3) is 5.91 Å². The number of nitrogens with one attached hydrogen (secondary N) is 2. The van der Waals surface area contributed by atoms with E-state index in [0.29, 0.717) is 50.9 Å². The van der Waals surface area contributed by atoms with Crippen LogP contribution in [0, 0.1) is 13.8 Å². The van der Waals surface area contributed by atoms with Gasteiger partial charge in [-0.05, 0) is 38.4 Å².